The Morgan fingerprint density at radius 3 is 2.52 bits per heavy atom. The molecule has 1 aliphatic heterocycles. The molecule has 132 valence electrons. The maximum atomic E-state index is 6.08. The average Bonchev–Trinajstić information content (AvgIpc) is 2.59. The second-order valence-corrected chi connectivity index (χ2v) is 7.39. The summed E-state index contributed by atoms with van der Waals surface area (Å²) in [6.07, 6.45) is 0. The minimum Gasteiger partial charge on any atom is -0.346 e. The molecule has 25 heavy (non-hydrogen) atoms. The van der Waals surface area contributed by atoms with Crippen LogP contribution in [0, 0.1) is 13.8 Å². The van der Waals surface area contributed by atoms with Crippen LogP contribution in [0.5, 0.6) is 0 Å². The molecule has 0 aliphatic carbocycles. The smallest absolute Gasteiger partial charge is 0.173 e. The van der Waals surface area contributed by atoms with Gasteiger partial charge in [0.15, 0.2) is 5.11 Å². The minimum absolute atomic E-state index is 0.801. The highest BCUT2D eigenvalue weighted by Crippen LogP contribution is 2.19. The molecule has 0 bridgehead atoms. The zero-order chi connectivity index (χ0) is 17.8. The summed E-state index contributed by atoms with van der Waals surface area (Å²) < 4.78 is 0. The Morgan fingerprint density at radius 1 is 1.08 bits per heavy atom. The molecular weight excluding hydrogens is 350 g/mol. The molecule has 0 radical (unpaired) electrons. The van der Waals surface area contributed by atoms with Crippen molar-refractivity contribution in [1.29, 1.82) is 0 Å². The van der Waals surface area contributed by atoms with Gasteiger partial charge in [-0.2, -0.15) is 0 Å². The van der Waals surface area contributed by atoms with Gasteiger partial charge < -0.3 is 10.2 Å². The van der Waals surface area contributed by atoms with E-state index in [1.54, 1.807) is 0 Å². The molecule has 1 saturated heterocycles. The zero-order valence-electron chi connectivity index (χ0n) is 14.8. The van der Waals surface area contributed by atoms with Gasteiger partial charge in [0.1, 0.15) is 0 Å². The van der Waals surface area contributed by atoms with Crippen LogP contribution in [0.15, 0.2) is 42.5 Å². The summed E-state index contributed by atoms with van der Waals surface area (Å²) in [6.45, 7) is 9.07. The molecule has 0 amide bonds. The van der Waals surface area contributed by atoms with Crippen molar-refractivity contribution in [2.45, 2.75) is 20.4 Å². The third-order valence-corrected chi connectivity index (χ3v) is 5.40. The lowest BCUT2D eigenvalue weighted by Gasteiger charge is -2.36. The second-order valence-electron chi connectivity index (χ2n) is 6.57. The number of nitrogens with one attached hydrogen (secondary N) is 1. The summed E-state index contributed by atoms with van der Waals surface area (Å²) in [7, 11) is 0. The Kier molecular flexibility index (Phi) is 5.94. The van der Waals surface area contributed by atoms with Gasteiger partial charge in [0.25, 0.3) is 0 Å². The van der Waals surface area contributed by atoms with E-state index in [1.165, 1.54) is 16.7 Å². The third kappa shape index (κ3) is 4.72. The first-order valence-electron chi connectivity index (χ1n) is 8.62. The fourth-order valence-electron chi connectivity index (χ4n) is 3.08. The van der Waals surface area contributed by atoms with Crippen molar-refractivity contribution in [2.24, 2.45) is 0 Å². The van der Waals surface area contributed by atoms with E-state index in [9.17, 15) is 0 Å². The number of rotatable bonds is 3. The van der Waals surface area contributed by atoms with Gasteiger partial charge in [0.2, 0.25) is 0 Å². The van der Waals surface area contributed by atoms with Crippen molar-refractivity contribution in [2.75, 3.05) is 31.5 Å². The van der Waals surface area contributed by atoms with Gasteiger partial charge in [-0.25, -0.2) is 0 Å². The topological polar surface area (TPSA) is 18.5 Å². The molecular formula is C20H24ClN3S. The van der Waals surface area contributed by atoms with Gasteiger partial charge in [-0.05, 0) is 61.0 Å². The summed E-state index contributed by atoms with van der Waals surface area (Å²) in [5, 5.41) is 5.03. The molecule has 5 heteroatoms. The quantitative estimate of drug-likeness (QED) is 0.799. The summed E-state index contributed by atoms with van der Waals surface area (Å²) in [6, 6.07) is 14.4. The van der Waals surface area contributed by atoms with E-state index in [0.717, 1.165) is 48.5 Å². The van der Waals surface area contributed by atoms with Crippen LogP contribution in [-0.4, -0.2) is 41.1 Å². The Bertz CT molecular complexity index is 754. The standard InChI is InChI=1S/C20H24ClN3S/c1-15-5-3-8-19(16(15)2)22-20(25)24-11-9-23(10-12-24)14-17-6-4-7-18(21)13-17/h3-8,13H,9-12,14H2,1-2H3,(H,22,25). The lowest BCUT2D eigenvalue weighted by Crippen LogP contribution is -2.49. The van der Waals surface area contributed by atoms with Crippen LogP contribution in [0.4, 0.5) is 5.69 Å². The van der Waals surface area contributed by atoms with E-state index in [2.05, 4.69) is 53.2 Å². The van der Waals surface area contributed by atoms with E-state index >= 15 is 0 Å². The maximum absolute atomic E-state index is 6.08. The first-order valence-corrected chi connectivity index (χ1v) is 9.40. The summed E-state index contributed by atoms with van der Waals surface area (Å²) in [4.78, 5) is 4.70. The van der Waals surface area contributed by atoms with Gasteiger partial charge in [0, 0.05) is 43.4 Å². The van der Waals surface area contributed by atoms with Crippen LogP contribution in [0.25, 0.3) is 0 Å². The number of aryl methyl sites for hydroxylation is 1. The van der Waals surface area contributed by atoms with Crippen molar-refractivity contribution in [3.8, 4) is 0 Å². The first-order chi connectivity index (χ1) is 12.0. The summed E-state index contributed by atoms with van der Waals surface area (Å²) >= 11 is 11.7. The van der Waals surface area contributed by atoms with Crippen molar-refractivity contribution in [1.82, 2.24) is 9.80 Å². The lowest BCUT2D eigenvalue weighted by atomic mass is 10.1. The van der Waals surface area contributed by atoms with Gasteiger partial charge in [0.05, 0.1) is 0 Å². The Morgan fingerprint density at radius 2 is 1.80 bits per heavy atom. The van der Waals surface area contributed by atoms with Gasteiger partial charge in [-0.15, -0.1) is 0 Å². The predicted octanol–water partition coefficient (Wildman–Crippen LogP) is 4.47. The Labute approximate surface area is 160 Å². The minimum atomic E-state index is 0.801. The predicted molar refractivity (Wildman–Crippen MR) is 110 cm³/mol. The SMILES string of the molecule is Cc1cccc(NC(=S)N2CCN(Cc3cccc(Cl)c3)CC2)c1C. The first kappa shape index (κ1) is 18.2. The highest BCUT2D eigenvalue weighted by molar-refractivity contribution is 7.80. The molecule has 0 saturated carbocycles. The number of piperazine rings is 1. The summed E-state index contributed by atoms with van der Waals surface area (Å²) in [5.41, 5.74) is 4.90. The van der Waals surface area contributed by atoms with Crippen molar-refractivity contribution in [3.63, 3.8) is 0 Å². The van der Waals surface area contributed by atoms with Gasteiger partial charge in [-0.1, -0.05) is 35.9 Å². The maximum Gasteiger partial charge on any atom is 0.173 e. The van der Waals surface area contributed by atoms with Crippen LogP contribution in [-0.2, 0) is 6.54 Å². The van der Waals surface area contributed by atoms with E-state index in [-0.39, 0.29) is 0 Å². The van der Waals surface area contributed by atoms with Crippen molar-refractivity contribution >= 4 is 34.6 Å². The van der Waals surface area contributed by atoms with E-state index in [0.29, 0.717) is 0 Å². The van der Waals surface area contributed by atoms with E-state index < -0.39 is 0 Å². The Balaban J connectivity index is 1.53. The Hall–Kier alpha value is -1.62. The lowest BCUT2D eigenvalue weighted by molar-refractivity contribution is 0.177. The molecule has 1 fully saturated rings. The molecule has 0 unspecified atom stereocenters. The highest BCUT2D eigenvalue weighted by Gasteiger charge is 2.19. The fourth-order valence-corrected chi connectivity index (χ4v) is 3.59. The molecule has 1 N–H and O–H groups in total. The van der Waals surface area contributed by atoms with Crippen LogP contribution in [0.1, 0.15) is 16.7 Å². The largest absolute Gasteiger partial charge is 0.346 e. The van der Waals surface area contributed by atoms with E-state index in [4.69, 9.17) is 23.8 Å². The van der Waals surface area contributed by atoms with Crippen LogP contribution in [0.2, 0.25) is 5.02 Å². The van der Waals surface area contributed by atoms with Crippen LogP contribution in [0.3, 0.4) is 0 Å². The molecule has 2 aromatic rings. The van der Waals surface area contributed by atoms with Crippen molar-refractivity contribution in [3.05, 3.63) is 64.2 Å². The molecule has 3 rings (SSSR count). The summed E-state index contributed by atoms with van der Waals surface area (Å²) in [5.74, 6) is 0. The van der Waals surface area contributed by atoms with Crippen LogP contribution < -0.4 is 5.32 Å². The normalized spacial score (nSPS) is 15.2. The number of hydrogen-bond donors (Lipinski definition) is 1. The fraction of sp³-hybridized carbons (Fsp3) is 0.350. The molecule has 0 aromatic heterocycles. The second kappa shape index (κ2) is 8.17. The number of anilines is 1. The average molecular weight is 374 g/mol. The molecule has 3 nitrogen and oxygen atoms in total. The number of halogens is 1. The molecule has 2 aromatic carbocycles. The molecule has 1 heterocycles. The van der Waals surface area contributed by atoms with Crippen LogP contribution >= 0.6 is 23.8 Å². The van der Waals surface area contributed by atoms with Gasteiger partial charge >= 0.3 is 0 Å². The van der Waals surface area contributed by atoms with Crippen molar-refractivity contribution < 1.29 is 0 Å². The molecule has 0 spiro atoms. The number of thiocarbonyl (C=S) groups is 1. The monoisotopic (exact) mass is 373 g/mol. The third-order valence-electron chi connectivity index (χ3n) is 4.80. The highest BCUT2D eigenvalue weighted by atomic mass is 35.5. The zero-order valence-corrected chi connectivity index (χ0v) is 16.3. The number of nitrogens with zero attached hydrogens (tertiary/aromatic N) is 2. The molecule has 0 atom stereocenters. The number of benzene rings is 2. The number of hydrogen-bond acceptors (Lipinski definition) is 2. The van der Waals surface area contributed by atoms with E-state index in [1.807, 2.05) is 18.2 Å². The molecule has 1 aliphatic rings. The van der Waals surface area contributed by atoms with Gasteiger partial charge in [-0.3, -0.25) is 4.90 Å².